The summed E-state index contributed by atoms with van der Waals surface area (Å²) >= 11 is 3.63. The number of aliphatic carboxylic acids is 1. The molecule has 1 spiro atoms. The van der Waals surface area contributed by atoms with Crippen molar-refractivity contribution in [2.75, 3.05) is 17.3 Å². The molecule has 2 saturated heterocycles. The number of carboxylic acid groups (broad SMARTS) is 1. The van der Waals surface area contributed by atoms with E-state index in [2.05, 4.69) is 5.32 Å². The monoisotopic (exact) mass is 191 g/mol. The lowest BCUT2D eigenvalue weighted by molar-refractivity contribution is -0.138. The average molecular weight is 191 g/mol. The van der Waals surface area contributed by atoms with Crippen LogP contribution in [-0.2, 0) is 4.79 Å². The Morgan fingerprint density at radius 1 is 1.64 bits per heavy atom. The number of rotatable bonds is 1. The van der Waals surface area contributed by atoms with Gasteiger partial charge in [-0.3, -0.25) is 10.1 Å². The minimum Gasteiger partial charge on any atom is -0.480 e. The zero-order valence-corrected chi connectivity index (χ0v) is 7.50. The van der Waals surface area contributed by atoms with Gasteiger partial charge in [-0.2, -0.15) is 11.8 Å². The van der Waals surface area contributed by atoms with Gasteiger partial charge in [0.05, 0.1) is 4.87 Å². The fourth-order valence-electron chi connectivity index (χ4n) is 1.23. The molecule has 0 aliphatic carbocycles. The van der Waals surface area contributed by atoms with E-state index < -0.39 is 5.97 Å². The zero-order chi connectivity index (χ0) is 7.90. The predicted molar refractivity (Wildman–Crippen MR) is 47.1 cm³/mol. The van der Waals surface area contributed by atoms with E-state index in [1.54, 1.807) is 11.8 Å². The summed E-state index contributed by atoms with van der Waals surface area (Å²) in [5.74, 6) is 2.12. The molecule has 0 amide bonds. The molecule has 1 atom stereocenters. The van der Waals surface area contributed by atoms with Crippen LogP contribution >= 0.6 is 23.5 Å². The number of carboxylic acids is 1. The molecule has 0 aromatic carbocycles. The first-order valence-electron chi connectivity index (χ1n) is 3.44. The topological polar surface area (TPSA) is 49.3 Å². The third kappa shape index (κ3) is 1.25. The van der Waals surface area contributed by atoms with Gasteiger partial charge in [0, 0.05) is 17.3 Å². The summed E-state index contributed by atoms with van der Waals surface area (Å²) in [5.41, 5.74) is 0. The van der Waals surface area contributed by atoms with Crippen LogP contribution in [0, 0.1) is 0 Å². The van der Waals surface area contributed by atoms with E-state index in [-0.39, 0.29) is 10.9 Å². The van der Waals surface area contributed by atoms with E-state index in [0.717, 1.165) is 17.3 Å². The molecule has 0 bridgehead atoms. The summed E-state index contributed by atoms with van der Waals surface area (Å²) < 4.78 is 0. The summed E-state index contributed by atoms with van der Waals surface area (Å²) in [4.78, 5) is 10.7. The summed E-state index contributed by atoms with van der Waals surface area (Å²) in [7, 11) is 0. The van der Waals surface area contributed by atoms with Crippen molar-refractivity contribution in [3.8, 4) is 0 Å². The van der Waals surface area contributed by atoms with E-state index in [1.807, 2.05) is 11.8 Å². The van der Waals surface area contributed by atoms with Crippen molar-refractivity contribution in [3.05, 3.63) is 0 Å². The maximum absolute atomic E-state index is 10.5. The molecule has 1 unspecified atom stereocenters. The second-order valence-corrected chi connectivity index (χ2v) is 5.22. The van der Waals surface area contributed by atoms with Crippen molar-refractivity contribution in [2.24, 2.45) is 0 Å². The minimum absolute atomic E-state index is 0.119. The maximum atomic E-state index is 10.5. The first kappa shape index (κ1) is 7.76. The van der Waals surface area contributed by atoms with E-state index in [1.165, 1.54) is 0 Å². The van der Waals surface area contributed by atoms with Gasteiger partial charge in [0.2, 0.25) is 0 Å². The summed E-state index contributed by atoms with van der Waals surface area (Å²) in [5, 5.41) is 11.8. The molecular weight excluding hydrogens is 182 g/mol. The van der Waals surface area contributed by atoms with Crippen molar-refractivity contribution < 1.29 is 9.90 Å². The minimum atomic E-state index is -0.716. The van der Waals surface area contributed by atoms with Gasteiger partial charge in [-0.1, -0.05) is 0 Å². The Morgan fingerprint density at radius 3 is 2.64 bits per heavy atom. The standard InChI is InChI=1S/C6H9NO2S2/c8-5(9)4-1-11-6(7-4)2-10-3-6/h4,7H,1-3H2,(H,8,9). The summed E-state index contributed by atoms with van der Waals surface area (Å²) in [6, 6.07) is -0.319. The molecule has 3 nitrogen and oxygen atoms in total. The summed E-state index contributed by atoms with van der Waals surface area (Å²) in [6.07, 6.45) is 0. The molecule has 2 aliphatic heterocycles. The fourth-order valence-corrected chi connectivity index (χ4v) is 4.08. The Kier molecular flexibility index (Phi) is 1.81. The molecule has 2 fully saturated rings. The Hall–Kier alpha value is 0.130. The molecule has 0 radical (unpaired) electrons. The van der Waals surface area contributed by atoms with Crippen LogP contribution in [0.25, 0.3) is 0 Å². The largest absolute Gasteiger partial charge is 0.480 e. The SMILES string of the molecule is O=C(O)C1CSC2(CSC2)N1. The molecule has 11 heavy (non-hydrogen) atoms. The van der Waals surface area contributed by atoms with E-state index in [0.29, 0.717) is 0 Å². The highest BCUT2D eigenvalue weighted by atomic mass is 32.2. The second-order valence-electron chi connectivity index (χ2n) is 2.83. The maximum Gasteiger partial charge on any atom is 0.321 e. The molecule has 0 aromatic heterocycles. The van der Waals surface area contributed by atoms with Crippen molar-refractivity contribution in [1.29, 1.82) is 0 Å². The van der Waals surface area contributed by atoms with Crippen molar-refractivity contribution in [2.45, 2.75) is 10.9 Å². The molecule has 0 aromatic rings. The van der Waals surface area contributed by atoms with Gasteiger partial charge in [-0.05, 0) is 0 Å². The number of nitrogens with one attached hydrogen (secondary N) is 1. The Bertz CT molecular complexity index is 193. The van der Waals surface area contributed by atoms with E-state index in [4.69, 9.17) is 5.11 Å². The molecule has 0 saturated carbocycles. The number of hydrogen-bond acceptors (Lipinski definition) is 4. The van der Waals surface area contributed by atoms with Crippen LogP contribution in [0.5, 0.6) is 0 Å². The molecule has 2 aliphatic rings. The zero-order valence-electron chi connectivity index (χ0n) is 5.87. The predicted octanol–water partition coefficient (Wildman–Crippen LogP) is 0.219. The second kappa shape index (κ2) is 2.57. The normalized spacial score (nSPS) is 33.6. The summed E-state index contributed by atoms with van der Waals surface area (Å²) in [6.45, 7) is 0. The highest BCUT2D eigenvalue weighted by Crippen LogP contribution is 2.43. The highest BCUT2D eigenvalue weighted by Gasteiger charge is 2.46. The number of carbonyl (C=O) groups is 1. The van der Waals surface area contributed by atoms with Crippen LogP contribution in [0.1, 0.15) is 0 Å². The van der Waals surface area contributed by atoms with Gasteiger partial charge in [0.15, 0.2) is 0 Å². The molecule has 2 N–H and O–H groups in total. The molecule has 2 heterocycles. The first-order chi connectivity index (χ1) is 5.22. The van der Waals surface area contributed by atoms with Gasteiger partial charge in [0.1, 0.15) is 6.04 Å². The van der Waals surface area contributed by atoms with Crippen LogP contribution in [0.2, 0.25) is 0 Å². The van der Waals surface area contributed by atoms with Gasteiger partial charge >= 0.3 is 5.97 Å². The first-order valence-corrected chi connectivity index (χ1v) is 5.58. The van der Waals surface area contributed by atoms with Gasteiger partial charge in [-0.25, -0.2) is 0 Å². The highest BCUT2D eigenvalue weighted by molar-refractivity contribution is 8.08. The fraction of sp³-hybridized carbons (Fsp3) is 0.833. The van der Waals surface area contributed by atoms with Crippen LogP contribution in [0.15, 0.2) is 0 Å². The smallest absolute Gasteiger partial charge is 0.321 e. The number of thioether (sulfide) groups is 2. The average Bonchev–Trinajstić information content (AvgIpc) is 2.28. The van der Waals surface area contributed by atoms with Crippen LogP contribution < -0.4 is 5.32 Å². The van der Waals surface area contributed by atoms with E-state index >= 15 is 0 Å². The van der Waals surface area contributed by atoms with Gasteiger partial charge in [-0.15, -0.1) is 11.8 Å². The van der Waals surface area contributed by atoms with Gasteiger partial charge in [0.25, 0.3) is 0 Å². The lowest BCUT2D eigenvalue weighted by Gasteiger charge is -2.36. The quantitative estimate of drug-likeness (QED) is 0.621. The third-order valence-electron chi connectivity index (χ3n) is 1.93. The molecular formula is C6H9NO2S2. The molecule has 5 heteroatoms. The number of hydrogen-bond donors (Lipinski definition) is 2. The lowest BCUT2D eigenvalue weighted by atomic mass is 10.3. The molecule has 62 valence electrons. The van der Waals surface area contributed by atoms with Crippen LogP contribution in [0.4, 0.5) is 0 Å². The Balaban J connectivity index is 1.98. The Morgan fingerprint density at radius 2 is 2.36 bits per heavy atom. The van der Waals surface area contributed by atoms with Crippen molar-refractivity contribution >= 4 is 29.5 Å². The molecule has 2 rings (SSSR count). The lowest BCUT2D eigenvalue weighted by Crippen LogP contribution is -2.53. The van der Waals surface area contributed by atoms with Crippen molar-refractivity contribution in [3.63, 3.8) is 0 Å². The van der Waals surface area contributed by atoms with E-state index in [9.17, 15) is 4.79 Å². The van der Waals surface area contributed by atoms with Crippen LogP contribution in [-0.4, -0.2) is 39.2 Å². The van der Waals surface area contributed by atoms with Crippen LogP contribution in [0.3, 0.4) is 0 Å². The Labute approximate surface area is 73.3 Å². The van der Waals surface area contributed by atoms with Gasteiger partial charge < -0.3 is 5.11 Å². The van der Waals surface area contributed by atoms with Crippen molar-refractivity contribution in [1.82, 2.24) is 5.32 Å². The third-order valence-corrected chi connectivity index (χ3v) is 5.15.